The topological polar surface area (TPSA) is 52.7 Å². The predicted octanol–water partition coefficient (Wildman–Crippen LogP) is 2.05. The molecule has 0 radical (unpaired) electrons. The van der Waals surface area contributed by atoms with Gasteiger partial charge in [0.05, 0.1) is 4.90 Å². The van der Waals surface area contributed by atoms with Gasteiger partial charge >= 0.3 is 0 Å². The van der Waals surface area contributed by atoms with Gasteiger partial charge in [0.15, 0.2) is 0 Å². The summed E-state index contributed by atoms with van der Waals surface area (Å²) in [6.07, 6.45) is 1.23. The summed E-state index contributed by atoms with van der Waals surface area (Å²) in [5.41, 5.74) is 2.15. The normalized spacial score (nSPS) is 23.0. The Hall–Kier alpha value is -1.73. The molecule has 2 heterocycles. The van der Waals surface area contributed by atoms with E-state index in [0.29, 0.717) is 23.5 Å². The monoisotopic (exact) mass is 371 g/mol. The summed E-state index contributed by atoms with van der Waals surface area (Å²) in [4.78, 5) is 2.84. The van der Waals surface area contributed by atoms with Gasteiger partial charge in [-0.15, -0.1) is 0 Å². The zero-order valence-corrected chi connectivity index (χ0v) is 15.8. The third-order valence-electron chi connectivity index (χ3n) is 5.44. The summed E-state index contributed by atoms with van der Waals surface area (Å²) in [6, 6.07) is 18.3. The van der Waals surface area contributed by atoms with Gasteiger partial charge < -0.3 is 5.32 Å². The van der Waals surface area contributed by atoms with Crippen molar-refractivity contribution in [3.8, 4) is 0 Å². The number of piperazine rings is 1. The molecule has 1 N–H and O–H groups in total. The largest absolute Gasteiger partial charge is 0.311 e. The van der Waals surface area contributed by atoms with Gasteiger partial charge in [-0.1, -0.05) is 42.5 Å². The average Bonchev–Trinajstić information content (AvgIpc) is 3.26. The van der Waals surface area contributed by atoms with Crippen LogP contribution in [-0.4, -0.2) is 49.8 Å². The third-order valence-corrected chi connectivity index (χ3v) is 7.25. The van der Waals surface area contributed by atoms with Crippen molar-refractivity contribution >= 4 is 10.0 Å². The second-order valence-electron chi connectivity index (χ2n) is 7.31. The molecular formula is C20H25N3O2S. The molecule has 0 saturated carbocycles. The predicted molar refractivity (Wildman–Crippen MR) is 102 cm³/mol. The lowest BCUT2D eigenvalue weighted by Crippen LogP contribution is -2.42. The number of sulfonamides is 1. The van der Waals surface area contributed by atoms with Gasteiger partial charge in [0.1, 0.15) is 0 Å². The van der Waals surface area contributed by atoms with Crippen LogP contribution in [0.25, 0.3) is 0 Å². The fourth-order valence-electron chi connectivity index (χ4n) is 3.95. The van der Waals surface area contributed by atoms with Crippen molar-refractivity contribution in [3.05, 3.63) is 65.7 Å². The molecule has 5 nitrogen and oxygen atoms in total. The molecule has 2 atom stereocenters. The fraction of sp³-hybridized carbons (Fsp3) is 0.400. The van der Waals surface area contributed by atoms with Crippen LogP contribution in [0.4, 0.5) is 0 Å². The highest BCUT2D eigenvalue weighted by molar-refractivity contribution is 7.89. The Balaban J connectivity index is 1.43. The van der Waals surface area contributed by atoms with E-state index in [1.165, 1.54) is 16.3 Å². The average molecular weight is 372 g/mol. The van der Waals surface area contributed by atoms with E-state index < -0.39 is 10.0 Å². The zero-order valence-electron chi connectivity index (χ0n) is 15.0. The molecule has 2 unspecified atom stereocenters. The molecule has 2 aromatic rings. The first-order valence-electron chi connectivity index (χ1n) is 9.09. The Labute approximate surface area is 155 Å². The first kappa shape index (κ1) is 17.7. The summed E-state index contributed by atoms with van der Waals surface area (Å²) in [5, 5.41) is 3.51. The van der Waals surface area contributed by atoms with Crippen molar-refractivity contribution in [2.45, 2.75) is 36.5 Å². The third kappa shape index (κ3) is 3.55. The highest BCUT2D eigenvalue weighted by atomic mass is 32.2. The number of likely N-dealkylation sites (tertiary alicyclic amines) is 1. The Kier molecular flexibility index (Phi) is 4.84. The number of hydrogen-bond donors (Lipinski definition) is 1. The van der Waals surface area contributed by atoms with Gasteiger partial charge in [-0.05, 0) is 29.7 Å². The lowest BCUT2D eigenvalue weighted by molar-refractivity contribution is 0.218. The SMILES string of the molecule is CN(Cc1ccccc1)S(=O)(=O)c1ccc(CN2CC3CC2CN3)cc1. The van der Waals surface area contributed by atoms with Crippen LogP contribution in [-0.2, 0) is 23.1 Å². The number of nitrogens with one attached hydrogen (secondary N) is 1. The van der Waals surface area contributed by atoms with Crippen LogP contribution in [0.3, 0.4) is 0 Å². The molecule has 2 aliphatic heterocycles. The second-order valence-corrected chi connectivity index (χ2v) is 9.36. The first-order valence-corrected chi connectivity index (χ1v) is 10.5. The van der Waals surface area contributed by atoms with Crippen LogP contribution in [0, 0.1) is 0 Å². The molecule has 2 aromatic carbocycles. The van der Waals surface area contributed by atoms with Crippen molar-refractivity contribution in [2.24, 2.45) is 0 Å². The van der Waals surface area contributed by atoms with E-state index in [9.17, 15) is 8.42 Å². The lowest BCUT2D eigenvalue weighted by Gasteiger charge is -2.27. The minimum atomic E-state index is -3.48. The van der Waals surface area contributed by atoms with Crippen molar-refractivity contribution in [1.29, 1.82) is 0 Å². The smallest absolute Gasteiger partial charge is 0.243 e. The van der Waals surface area contributed by atoms with Crippen molar-refractivity contribution in [3.63, 3.8) is 0 Å². The number of rotatable bonds is 6. The molecular weight excluding hydrogens is 346 g/mol. The second kappa shape index (κ2) is 7.12. The summed E-state index contributed by atoms with van der Waals surface area (Å²) in [5.74, 6) is 0. The molecule has 0 aromatic heterocycles. The van der Waals surface area contributed by atoms with Gasteiger partial charge in [0, 0.05) is 45.3 Å². The maximum atomic E-state index is 12.8. The molecule has 2 saturated heterocycles. The van der Waals surface area contributed by atoms with Crippen LogP contribution in [0.5, 0.6) is 0 Å². The number of benzene rings is 2. The van der Waals surface area contributed by atoms with Crippen molar-refractivity contribution in [1.82, 2.24) is 14.5 Å². The Morgan fingerprint density at radius 3 is 2.42 bits per heavy atom. The van der Waals surface area contributed by atoms with E-state index in [1.54, 1.807) is 19.2 Å². The molecule has 26 heavy (non-hydrogen) atoms. The van der Waals surface area contributed by atoms with Crippen molar-refractivity contribution < 1.29 is 8.42 Å². The molecule has 0 aliphatic carbocycles. The highest BCUT2D eigenvalue weighted by Gasteiger charge is 2.37. The van der Waals surface area contributed by atoms with Crippen LogP contribution >= 0.6 is 0 Å². The number of nitrogens with zero attached hydrogens (tertiary/aromatic N) is 2. The zero-order chi connectivity index (χ0) is 18.1. The Bertz CT molecular complexity index is 852. The Morgan fingerprint density at radius 1 is 1.08 bits per heavy atom. The van der Waals surface area contributed by atoms with Crippen LogP contribution < -0.4 is 5.32 Å². The summed E-state index contributed by atoms with van der Waals surface area (Å²) in [6.45, 7) is 3.42. The standard InChI is InChI=1S/C20H25N3O2S/c1-22(13-16-5-3-2-4-6-16)26(24,25)20-9-7-17(8-10-20)14-23-15-18-11-19(23)12-21-18/h2-10,18-19,21H,11-15H2,1H3. The first-order chi connectivity index (χ1) is 12.5. The van der Waals surface area contributed by atoms with Gasteiger partial charge in [0.2, 0.25) is 10.0 Å². The molecule has 2 aliphatic rings. The highest BCUT2D eigenvalue weighted by Crippen LogP contribution is 2.25. The van der Waals surface area contributed by atoms with Crippen LogP contribution in [0.1, 0.15) is 17.5 Å². The van der Waals surface area contributed by atoms with E-state index in [2.05, 4.69) is 10.2 Å². The summed E-state index contributed by atoms with van der Waals surface area (Å²) in [7, 11) is -1.85. The van der Waals surface area contributed by atoms with Crippen LogP contribution in [0.2, 0.25) is 0 Å². The molecule has 0 spiro atoms. The maximum absolute atomic E-state index is 12.8. The summed E-state index contributed by atoms with van der Waals surface area (Å²) >= 11 is 0. The summed E-state index contributed by atoms with van der Waals surface area (Å²) < 4.78 is 27.0. The minimum absolute atomic E-state index is 0.351. The fourth-order valence-corrected chi connectivity index (χ4v) is 5.11. The maximum Gasteiger partial charge on any atom is 0.243 e. The molecule has 4 rings (SSSR count). The lowest BCUT2D eigenvalue weighted by atomic mass is 10.2. The van der Waals surface area contributed by atoms with Gasteiger partial charge in [-0.2, -0.15) is 4.31 Å². The van der Waals surface area contributed by atoms with E-state index in [0.717, 1.165) is 25.2 Å². The molecule has 2 bridgehead atoms. The van der Waals surface area contributed by atoms with Crippen molar-refractivity contribution in [2.75, 3.05) is 20.1 Å². The van der Waals surface area contributed by atoms with Gasteiger partial charge in [-0.25, -0.2) is 8.42 Å². The molecule has 0 amide bonds. The van der Waals surface area contributed by atoms with E-state index >= 15 is 0 Å². The van der Waals surface area contributed by atoms with Gasteiger partial charge in [0.25, 0.3) is 0 Å². The Morgan fingerprint density at radius 2 is 1.81 bits per heavy atom. The van der Waals surface area contributed by atoms with E-state index in [1.807, 2.05) is 42.5 Å². The quantitative estimate of drug-likeness (QED) is 0.844. The van der Waals surface area contributed by atoms with Crippen LogP contribution in [0.15, 0.2) is 59.5 Å². The van der Waals surface area contributed by atoms with Gasteiger partial charge in [-0.3, -0.25) is 4.90 Å². The number of fused-ring (bicyclic) bond motifs is 2. The molecule has 138 valence electrons. The molecule has 6 heteroatoms. The minimum Gasteiger partial charge on any atom is -0.311 e. The molecule has 2 fully saturated rings. The van der Waals surface area contributed by atoms with E-state index in [4.69, 9.17) is 0 Å². The van der Waals surface area contributed by atoms with E-state index in [-0.39, 0.29) is 0 Å². The number of hydrogen-bond acceptors (Lipinski definition) is 4.